The van der Waals surface area contributed by atoms with Gasteiger partial charge in [0, 0.05) is 44.3 Å². The summed E-state index contributed by atoms with van der Waals surface area (Å²) in [6, 6.07) is 16.9. The van der Waals surface area contributed by atoms with Gasteiger partial charge in [0.05, 0.1) is 10.7 Å². The van der Waals surface area contributed by atoms with E-state index in [0.717, 1.165) is 37.7 Å². The highest BCUT2D eigenvalue weighted by atomic mass is 35.5. The van der Waals surface area contributed by atoms with Gasteiger partial charge in [0.1, 0.15) is 11.5 Å². The summed E-state index contributed by atoms with van der Waals surface area (Å²) >= 11 is 6.12. The number of anilines is 3. The van der Waals surface area contributed by atoms with Crippen LogP contribution in [0.25, 0.3) is 0 Å². The third-order valence-electron chi connectivity index (χ3n) is 4.72. The minimum absolute atomic E-state index is 0.276. The van der Waals surface area contributed by atoms with Crippen LogP contribution >= 0.6 is 11.6 Å². The Balaban J connectivity index is 1.43. The lowest BCUT2D eigenvalue weighted by atomic mass is 10.2. The summed E-state index contributed by atoms with van der Waals surface area (Å²) in [7, 11) is 0. The molecule has 0 atom stereocenters. The number of hydrogen-bond acceptors (Lipinski definition) is 5. The molecule has 1 aromatic carbocycles. The predicted octanol–water partition coefficient (Wildman–Crippen LogP) is 3.71. The third kappa shape index (κ3) is 4.07. The van der Waals surface area contributed by atoms with Crippen molar-refractivity contribution in [2.75, 3.05) is 41.3 Å². The summed E-state index contributed by atoms with van der Waals surface area (Å²) in [5.74, 6) is 0.721. The SMILES string of the molecule is O=C(Nc1ccccc1Cl)c1cc(N2CCN(c3ccccn3)CC2)ccn1. The van der Waals surface area contributed by atoms with E-state index in [1.54, 1.807) is 18.3 Å². The van der Waals surface area contributed by atoms with Crippen LogP contribution in [0.2, 0.25) is 5.02 Å². The number of aromatic nitrogens is 2. The Bertz CT molecular complexity index is 958. The molecule has 1 saturated heterocycles. The molecule has 1 N–H and O–H groups in total. The molecule has 3 heterocycles. The molecule has 142 valence electrons. The highest BCUT2D eigenvalue weighted by molar-refractivity contribution is 6.33. The first-order valence-corrected chi connectivity index (χ1v) is 9.51. The van der Waals surface area contributed by atoms with Crippen molar-refractivity contribution in [1.82, 2.24) is 9.97 Å². The Morgan fingerprint density at radius 2 is 1.64 bits per heavy atom. The molecule has 7 heteroatoms. The topological polar surface area (TPSA) is 61.4 Å². The second kappa shape index (κ2) is 8.27. The summed E-state index contributed by atoms with van der Waals surface area (Å²) < 4.78 is 0. The smallest absolute Gasteiger partial charge is 0.274 e. The van der Waals surface area contributed by atoms with Crippen molar-refractivity contribution in [3.8, 4) is 0 Å². The van der Waals surface area contributed by atoms with Crippen LogP contribution in [0, 0.1) is 0 Å². The molecule has 4 rings (SSSR count). The Hall–Kier alpha value is -3.12. The maximum Gasteiger partial charge on any atom is 0.274 e. The van der Waals surface area contributed by atoms with Crippen molar-refractivity contribution in [1.29, 1.82) is 0 Å². The van der Waals surface area contributed by atoms with Gasteiger partial charge in [-0.05, 0) is 36.4 Å². The van der Waals surface area contributed by atoms with Crippen LogP contribution in [0.1, 0.15) is 10.5 Å². The standard InChI is InChI=1S/C21H20ClN5O/c22-17-5-1-2-6-18(17)25-21(28)19-15-16(8-10-23-19)26-11-13-27(14-12-26)20-7-3-4-9-24-20/h1-10,15H,11-14H2,(H,25,28). The van der Waals surface area contributed by atoms with Gasteiger partial charge < -0.3 is 15.1 Å². The number of amides is 1. The van der Waals surface area contributed by atoms with Crippen LogP contribution in [0.3, 0.4) is 0 Å². The van der Waals surface area contributed by atoms with E-state index < -0.39 is 0 Å². The van der Waals surface area contributed by atoms with Gasteiger partial charge in [-0.15, -0.1) is 0 Å². The number of carbonyl (C=O) groups is 1. The van der Waals surface area contributed by atoms with Crippen LogP contribution < -0.4 is 15.1 Å². The predicted molar refractivity (Wildman–Crippen MR) is 112 cm³/mol. The molecule has 6 nitrogen and oxygen atoms in total. The van der Waals surface area contributed by atoms with E-state index in [4.69, 9.17) is 11.6 Å². The number of halogens is 1. The fourth-order valence-electron chi connectivity index (χ4n) is 3.22. The van der Waals surface area contributed by atoms with Gasteiger partial charge in [-0.25, -0.2) is 4.98 Å². The molecule has 1 amide bonds. The zero-order valence-corrected chi connectivity index (χ0v) is 16.0. The molecule has 2 aromatic heterocycles. The normalized spacial score (nSPS) is 14.0. The number of nitrogens with zero attached hydrogens (tertiary/aromatic N) is 4. The Morgan fingerprint density at radius 1 is 0.893 bits per heavy atom. The van der Waals surface area contributed by atoms with Crippen LogP contribution in [-0.4, -0.2) is 42.1 Å². The maximum absolute atomic E-state index is 12.6. The van der Waals surface area contributed by atoms with Crippen molar-refractivity contribution in [3.63, 3.8) is 0 Å². The van der Waals surface area contributed by atoms with Crippen LogP contribution in [0.5, 0.6) is 0 Å². The van der Waals surface area contributed by atoms with Gasteiger partial charge in [0.25, 0.3) is 5.91 Å². The van der Waals surface area contributed by atoms with E-state index in [1.165, 1.54) is 0 Å². The lowest BCUT2D eigenvalue weighted by Crippen LogP contribution is -2.46. The lowest BCUT2D eigenvalue weighted by Gasteiger charge is -2.36. The van der Waals surface area contributed by atoms with E-state index in [1.807, 2.05) is 48.7 Å². The van der Waals surface area contributed by atoms with Gasteiger partial charge in [0.2, 0.25) is 0 Å². The Morgan fingerprint density at radius 3 is 2.39 bits per heavy atom. The van der Waals surface area contributed by atoms with Crippen molar-refractivity contribution < 1.29 is 4.79 Å². The minimum Gasteiger partial charge on any atom is -0.368 e. The third-order valence-corrected chi connectivity index (χ3v) is 5.05. The number of carbonyl (C=O) groups excluding carboxylic acids is 1. The molecular formula is C21H20ClN5O. The summed E-state index contributed by atoms with van der Waals surface area (Å²) in [5.41, 5.74) is 1.93. The average Bonchev–Trinajstić information content (AvgIpc) is 2.76. The van der Waals surface area contributed by atoms with Gasteiger partial charge in [-0.3, -0.25) is 9.78 Å². The monoisotopic (exact) mass is 393 g/mol. The highest BCUT2D eigenvalue weighted by Gasteiger charge is 2.19. The second-order valence-corrected chi connectivity index (χ2v) is 6.90. The van der Waals surface area contributed by atoms with Gasteiger partial charge >= 0.3 is 0 Å². The fraction of sp³-hybridized carbons (Fsp3) is 0.190. The second-order valence-electron chi connectivity index (χ2n) is 6.50. The van der Waals surface area contributed by atoms with Crippen molar-refractivity contribution in [2.45, 2.75) is 0 Å². The molecule has 28 heavy (non-hydrogen) atoms. The minimum atomic E-state index is -0.276. The molecule has 0 saturated carbocycles. The first-order chi connectivity index (χ1) is 13.7. The van der Waals surface area contributed by atoms with Crippen LogP contribution in [0.15, 0.2) is 67.0 Å². The number of nitrogens with one attached hydrogen (secondary N) is 1. The van der Waals surface area contributed by atoms with Crippen LogP contribution in [0.4, 0.5) is 17.2 Å². The molecule has 0 radical (unpaired) electrons. The van der Waals surface area contributed by atoms with E-state index >= 15 is 0 Å². The molecule has 3 aromatic rings. The van der Waals surface area contributed by atoms with Crippen molar-refractivity contribution in [3.05, 3.63) is 77.7 Å². The van der Waals surface area contributed by atoms with E-state index in [9.17, 15) is 4.79 Å². The van der Waals surface area contributed by atoms with Gasteiger partial charge in [-0.2, -0.15) is 0 Å². The molecular weight excluding hydrogens is 374 g/mol. The fourth-order valence-corrected chi connectivity index (χ4v) is 3.41. The number of piperazine rings is 1. The van der Waals surface area contributed by atoms with E-state index in [-0.39, 0.29) is 5.91 Å². The number of para-hydroxylation sites is 1. The molecule has 1 aliphatic rings. The largest absolute Gasteiger partial charge is 0.368 e. The Kier molecular flexibility index (Phi) is 5.39. The molecule has 1 fully saturated rings. The Labute approximate surface area is 168 Å². The molecule has 0 spiro atoms. The lowest BCUT2D eigenvalue weighted by molar-refractivity contribution is 0.102. The molecule has 0 bridgehead atoms. The first kappa shape index (κ1) is 18.3. The number of hydrogen-bond donors (Lipinski definition) is 1. The number of pyridine rings is 2. The van der Waals surface area contributed by atoms with E-state index in [2.05, 4.69) is 25.1 Å². The summed E-state index contributed by atoms with van der Waals surface area (Å²) in [6.07, 6.45) is 3.48. The van der Waals surface area contributed by atoms with Crippen molar-refractivity contribution >= 4 is 34.7 Å². The van der Waals surface area contributed by atoms with Gasteiger partial charge in [0.15, 0.2) is 0 Å². The summed E-state index contributed by atoms with van der Waals surface area (Å²) in [4.78, 5) is 25.7. The maximum atomic E-state index is 12.6. The molecule has 0 aliphatic carbocycles. The number of benzene rings is 1. The average molecular weight is 394 g/mol. The first-order valence-electron chi connectivity index (χ1n) is 9.13. The van der Waals surface area contributed by atoms with Crippen molar-refractivity contribution in [2.24, 2.45) is 0 Å². The molecule has 1 aliphatic heterocycles. The summed E-state index contributed by atoms with van der Waals surface area (Å²) in [5, 5.41) is 3.31. The zero-order valence-electron chi connectivity index (χ0n) is 15.3. The quantitative estimate of drug-likeness (QED) is 0.732. The van der Waals surface area contributed by atoms with Gasteiger partial charge in [-0.1, -0.05) is 29.8 Å². The zero-order chi connectivity index (χ0) is 19.3. The highest BCUT2D eigenvalue weighted by Crippen LogP contribution is 2.23. The summed E-state index contributed by atoms with van der Waals surface area (Å²) in [6.45, 7) is 3.46. The molecule has 0 unspecified atom stereocenters. The van der Waals surface area contributed by atoms with Crippen LogP contribution in [-0.2, 0) is 0 Å². The van der Waals surface area contributed by atoms with E-state index in [0.29, 0.717) is 16.4 Å². The number of rotatable bonds is 4.